The molecule has 0 radical (unpaired) electrons. The summed E-state index contributed by atoms with van der Waals surface area (Å²) >= 11 is 0. The van der Waals surface area contributed by atoms with E-state index in [2.05, 4.69) is 15.6 Å². The van der Waals surface area contributed by atoms with Gasteiger partial charge in [0.05, 0.1) is 18.9 Å². The van der Waals surface area contributed by atoms with Gasteiger partial charge in [0.2, 0.25) is 0 Å². The molecule has 0 aliphatic heterocycles. The number of nitrogens with one attached hydrogen (secondary N) is 1. The Labute approximate surface area is 99.8 Å². The van der Waals surface area contributed by atoms with Gasteiger partial charge in [-0.1, -0.05) is 5.16 Å². The van der Waals surface area contributed by atoms with Crippen LogP contribution in [0, 0.1) is 0 Å². The minimum Gasteiger partial charge on any atom is -0.360 e. The zero-order valence-electron chi connectivity index (χ0n) is 9.89. The average molecular weight is 232 g/mol. The minimum atomic E-state index is 0.387. The zero-order chi connectivity index (χ0) is 11.7. The molecule has 17 heavy (non-hydrogen) atoms. The summed E-state index contributed by atoms with van der Waals surface area (Å²) in [6, 6.07) is 2.28. The molecule has 2 aromatic heterocycles. The topological polar surface area (TPSA) is 55.9 Å². The van der Waals surface area contributed by atoms with Gasteiger partial charge in [-0.05, 0) is 19.3 Å². The average Bonchev–Trinajstić information content (AvgIpc) is 2.97. The highest BCUT2D eigenvalue weighted by molar-refractivity contribution is 5.24. The third-order valence-electron chi connectivity index (χ3n) is 3.39. The number of aryl methyl sites for hydroxylation is 1. The van der Waals surface area contributed by atoms with Crippen molar-refractivity contribution >= 4 is 0 Å². The van der Waals surface area contributed by atoms with Crippen molar-refractivity contribution in [3.63, 3.8) is 0 Å². The first-order valence-electron chi connectivity index (χ1n) is 5.98. The maximum atomic E-state index is 5.08. The Bertz CT molecular complexity index is 489. The summed E-state index contributed by atoms with van der Waals surface area (Å²) in [6.07, 6.45) is 7.15. The van der Waals surface area contributed by atoms with Gasteiger partial charge in [0.15, 0.2) is 0 Å². The number of fused-ring (bicyclic) bond motifs is 1. The van der Waals surface area contributed by atoms with E-state index in [0.29, 0.717) is 6.04 Å². The molecule has 0 bridgehead atoms. The third-order valence-corrected chi connectivity index (χ3v) is 3.39. The molecule has 3 rings (SSSR count). The molecule has 5 nitrogen and oxygen atoms in total. The Balaban J connectivity index is 1.72. The van der Waals surface area contributed by atoms with E-state index in [1.54, 1.807) is 6.20 Å². The van der Waals surface area contributed by atoms with E-state index in [4.69, 9.17) is 4.52 Å². The first kappa shape index (κ1) is 10.5. The van der Waals surface area contributed by atoms with Crippen LogP contribution in [0.4, 0.5) is 0 Å². The van der Waals surface area contributed by atoms with Crippen molar-refractivity contribution in [1.82, 2.24) is 20.3 Å². The molecular weight excluding hydrogens is 216 g/mol. The first-order valence-corrected chi connectivity index (χ1v) is 5.98. The van der Waals surface area contributed by atoms with Crippen LogP contribution in [0.2, 0.25) is 0 Å². The lowest BCUT2D eigenvalue weighted by Gasteiger charge is -2.23. The van der Waals surface area contributed by atoms with Gasteiger partial charge in [-0.3, -0.25) is 4.68 Å². The number of hydrogen-bond acceptors (Lipinski definition) is 4. The number of rotatable bonds is 3. The van der Waals surface area contributed by atoms with Crippen molar-refractivity contribution in [1.29, 1.82) is 0 Å². The van der Waals surface area contributed by atoms with E-state index in [9.17, 15) is 0 Å². The predicted octanol–water partition coefficient (Wildman–Crippen LogP) is 1.58. The van der Waals surface area contributed by atoms with Crippen molar-refractivity contribution in [2.75, 3.05) is 0 Å². The van der Waals surface area contributed by atoms with Gasteiger partial charge in [0.1, 0.15) is 5.76 Å². The van der Waals surface area contributed by atoms with E-state index in [0.717, 1.165) is 25.1 Å². The van der Waals surface area contributed by atoms with Crippen molar-refractivity contribution in [3.05, 3.63) is 35.5 Å². The molecule has 1 atom stereocenters. The van der Waals surface area contributed by atoms with Crippen molar-refractivity contribution < 1.29 is 4.52 Å². The van der Waals surface area contributed by atoms with Crippen LogP contribution in [-0.2, 0) is 20.0 Å². The van der Waals surface area contributed by atoms with Crippen molar-refractivity contribution in [3.8, 4) is 0 Å². The summed E-state index contributed by atoms with van der Waals surface area (Å²) in [6.45, 7) is 0.721. The van der Waals surface area contributed by atoms with Crippen molar-refractivity contribution in [2.24, 2.45) is 7.05 Å². The highest BCUT2D eigenvalue weighted by Gasteiger charge is 2.22. The second-order valence-electron chi connectivity index (χ2n) is 4.47. The maximum absolute atomic E-state index is 5.08. The largest absolute Gasteiger partial charge is 0.360 e. The lowest BCUT2D eigenvalue weighted by Crippen LogP contribution is -2.24. The van der Waals surface area contributed by atoms with Gasteiger partial charge < -0.3 is 9.84 Å². The zero-order valence-corrected chi connectivity index (χ0v) is 9.89. The van der Waals surface area contributed by atoms with Gasteiger partial charge in [0, 0.05) is 30.4 Å². The fraction of sp³-hybridized carbons (Fsp3) is 0.500. The van der Waals surface area contributed by atoms with Gasteiger partial charge in [-0.2, -0.15) is 5.10 Å². The highest BCUT2D eigenvalue weighted by atomic mass is 16.5. The van der Waals surface area contributed by atoms with E-state index in [-0.39, 0.29) is 0 Å². The molecule has 2 heterocycles. The minimum absolute atomic E-state index is 0.387. The van der Waals surface area contributed by atoms with Crippen LogP contribution in [0.5, 0.6) is 0 Å². The molecule has 0 saturated heterocycles. The second kappa shape index (κ2) is 4.33. The third kappa shape index (κ3) is 1.98. The maximum Gasteiger partial charge on any atom is 0.150 e. The Morgan fingerprint density at radius 1 is 1.59 bits per heavy atom. The lowest BCUT2D eigenvalue weighted by molar-refractivity contribution is 0.355. The Morgan fingerprint density at radius 3 is 3.35 bits per heavy atom. The molecule has 1 unspecified atom stereocenters. The van der Waals surface area contributed by atoms with Crippen LogP contribution in [0.1, 0.15) is 35.9 Å². The molecule has 5 heteroatoms. The molecule has 0 amide bonds. The fourth-order valence-corrected chi connectivity index (χ4v) is 2.48. The normalized spacial score (nSPS) is 19.2. The van der Waals surface area contributed by atoms with Crippen LogP contribution >= 0.6 is 0 Å². The SMILES string of the molecule is Cn1ncc2c1CCCC2NCc1ccno1. The lowest BCUT2D eigenvalue weighted by atomic mass is 9.93. The Hall–Kier alpha value is -1.62. The highest BCUT2D eigenvalue weighted by Crippen LogP contribution is 2.29. The number of hydrogen-bond donors (Lipinski definition) is 1. The standard InChI is InChI=1S/C12H16N4O/c1-16-12-4-2-3-11(10(12)8-14-16)13-7-9-5-6-15-17-9/h5-6,8,11,13H,2-4,7H2,1H3. The quantitative estimate of drug-likeness (QED) is 0.872. The summed E-state index contributed by atoms with van der Waals surface area (Å²) < 4.78 is 7.07. The molecule has 0 fully saturated rings. The Kier molecular flexibility index (Phi) is 2.68. The molecule has 1 aliphatic carbocycles. The predicted molar refractivity (Wildman–Crippen MR) is 62.2 cm³/mol. The van der Waals surface area contributed by atoms with Gasteiger partial charge in [-0.15, -0.1) is 0 Å². The smallest absolute Gasteiger partial charge is 0.150 e. The molecule has 0 spiro atoms. The van der Waals surface area contributed by atoms with Crippen LogP contribution in [0.3, 0.4) is 0 Å². The molecular formula is C12H16N4O. The van der Waals surface area contributed by atoms with Crippen LogP contribution < -0.4 is 5.32 Å². The summed E-state index contributed by atoms with van der Waals surface area (Å²) in [7, 11) is 2.01. The van der Waals surface area contributed by atoms with Crippen LogP contribution in [0.25, 0.3) is 0 Å². The van der Waals surface area contributed by atoms with Crippen molar-refractivity contribution in [2.45, 2.75) is 31.8 Å². The van der Waals surface area contributed by atoms with Crippen LogP contribution in [0.15, 0.2) is 23.0 Å². The summed E-state index contributed by atoms with van der Waals surface area (Å²) in [4.78, 5) is 0. The molecule has 1 aliphatic rings. The van der Waals surface area contributed by atoms with E-state index < -0.39 is 0 Å². The van der Waals surface area contributed by atoms with E-state index in [1.165, 1.54) is 17.7 Å². The molecule has 0 saturated carbocycles. The molecule has 2 aromatic rings. The summed E-state index contributed by atoms with van der Waals surface area (Å²) in [5.74, 6) is 0.876. The first-order chi connectivity index (χ1) is 8.34. The summed E-state index contributed by atoms with van der Waals surface area (Å²) in [5.41, 5.74) is 2.68. The van der Waals surface area contributed by atoms with Gasteiger partial charge in [-0.25, -0.2) is 0 Å². The number of aromatic nitrogens is 3. The van der Waals surface area contributed by atoms with E-state index in [1.807, 2.05) is 24.0 Å². The second-order valence-corrected chi connectivity index (χ2v) is 4.47. The molecule has 1 N–H and O–H groups in total. The number of nitrogens with zero attached hydrogens (tertiary/aromatic N) is 3. The summed E-state index contributed by atoms with van der Waals surface area (Å²) in [5, 5.41) is 11.5. The van der Waals surface area contributed by atoms with Crippen LogP contribution in [-0.4, -0.2) is 14.9 Å². The Morgan fingerprint density at radius 2 is 2.53 bits per heavy atom. The fourth-order valence-electron chi connectivity index (χ4n) is 2.48. The monoisotopic (exact) mass is 232 g/mol. The van der Waals surface area contributed by atoms with Gasteiger partial charge in [0.25, 0.3) is 0 Å². The van der Waals surface area contributed by atoms with E-state index >= 15 is 0 Å². The molecule has 90 valence electrons. The van der Waals surface area contributed by atoms with Gasteiger partial charge >= 0.3 is 0 Å². The molecule has 0 aromatic carbocycles.